The molecule has 6 nitrogen and oxygen atoms in total. The molecule has 1 heterocycles. The summed E-state index contributed by atoms with van der Waals surface area (Å²) < 4.78 is 11.1. The summed E-state index contributed by atoms with van der Waals surface area (Å²) in [6.07, 6.45) is 1.40. The molecule has 1 aromatic carbocycles. The minimum absolute atomic E-state index is 0. The van der Waals surface area contributed by atoms with Gasteiger partial charge >= 0.3 is 0 Å². The molecule has 0 spiro atoms. The van der Waals surface area contributed by atoms with E-state index in [0.717, 1.165) is 63.9 Å². The first-order valence-electron chi connectivity index (χ1n) is 10.9. The van der Waals surface area contributed by atoms with Crippen molar-refractivity contribution < 1.29 is 14.6 Å². The summed E-state index contributed by atoms with van der Waals surface area (Å²) in [6.45, 7) is 13.7. The SMILES string of the molecule is CCNC(=NCC(O)c1ccc(C(C)(C)C)cc1)NCCCOCC1CCOC1.I. The van der Waals surface area contributed by atoms with Crippen LogP contribution in [0.2, 0.25) is 0 Å². The van der Waals surface area contributed by atoms with E-state index < -0.39 is 6.10 Å². The Morgan fingerprint density at radius 2 is 2.00 bits per heavy atom. The lowest BCUT2D eigenvalue weighted by Gasteiger charge is -2.20. The fourth-order valence-electron chi connectivity index (χ4n) is 3.18. The number of hydrogen-bond donors (Lipinski definition) is 3. The van der Waals surface area contributed by atoms with E-state index in [9.17, 15) is 5.11 Å². The number of hydrogen-bond acceptors (Lipinski definition) is 4. The van der Waals surface area contributed by atoms with Crippen LogP contribution in [0, 0.1) is 5.92 Å². The Kier molecular flexibility index (Phi) is 12.9. The molecular formula is C23H40IN3O3. The van der Waals surface area contributed by atoms with Gasteiger partial charge in [-0.1, -0.05) is 45.0 Å². The van der Waals surface area contributed by atoms with Crippen LogP contribution in [0.15, 0.2) is 29.3 Å². The number of guanidine groups is 1. The van der Waals surface area contributed by atoms with Crippen LogP contribution in [0.4, 0.5) is 0 Å². The number of ether oxygens (including phenoxy) is 2. The van der Waals surface area contributed by atoms with Gasteiger partial charge in [0.1, 0.15) is 0 Å². The lowest BCUT2D eigenvalue weighted by atomic mass is 9.86. The number of aliphatic hydroxyl groups excluding tert-OH is 1. The topological polar surface area (TPSA) is 75.1 Å². The van der Waals surface area contributed by atoms with Crippen LogP contribution in [0.25, 0.3) is 0 Å². The zero-order valence-corrected chi connectivity index (χ0v) is 21.3. The number of rotatable bonds is 10. The molecule has 1 saturated heterocycles. The van der Waals surface area contributed by atoms with E-state index in [1.54, 1.807) is 0 Å². The minimum Gasteiger partial charge on any atom is -0.386 e. The first-order chi connectivity index (χ1) is 13.9. The van der Waals surface area contributed by atoms with Gasteiger partial charge in [0, 0.05) is 32.2 Å². The van der Waals surface area contributed by atoms with Crippen molar-refractivity contribution in [3.63, 3.8) is 0 Å². The number of nitrogens with zero attached hydrogens (tertiary/aromatic N) is 1. The summed E-state index contributed by atoms with van der Waals surface area (Å²) in [6, 6.07) is 8.16. The van der Waals surface area contributed by atoms with E-state index in [1.165, 1.54) is 5.56 Å². The molecule has 30 heavy (non-hydrogen) atoms. The first kappa shape index (κ1) is 27.1. The van der Waals surface area contributed by atoms with Gasteiger partial charge in [-0.15, -0.1) is 24.0 Å². The average molecular weight is 533 g/mol. The number of nitrogens with one attached hydrogen (secondary N) is 2. The fourth-order valence-corrected chi connectivity index (χ4v) is 3.18. The number of benzene rings is 1. The molecule has 3 N–H and O–H groups in total. The largest absolute Gasteiger partial charge is 0.386 e. The van der Waals surface area contributed by atoms with Gasteiger partial charge in [-0.3, -0.25) is 4.99 Å². The van der Waals surface area contributed by atoms with E-state index in [4.69, 9.17) is 9.47 Å². The van der Waals surface area contributed by atoms with Crippen molar-refractivity contribution in [1.82, 2.24) is 10.6 Å². The summed E-state index contributed by atoms with van der Waals surface area (Å²) in [5.41, 5.74) is 2.26. The van der Waals surface area contributed by atoms with Gasteiger partial charge in [0.05, 0.1) is 25.9 Å². The van der Waals surface area contributed by atoms with Crippen molar-refractivity contribution >= 4 is 29.9 Å². The van der Waals surface area contributed by atoms with Gasteiger partial charge in [0.15, 0.2) is 5.96 Å². The predicted molar refractivity (Wildman–Crippen MR) is 134 cm³/mol. The Balaban J connectivity index is 0.00000450. The monoisotopic (exact) mass is 533 g/mol. The molecule has 2 atom stereocenters. The molecule has 0 amide bonds. The summed E-state index contributed by atoms with van der Waals surface area (Å²) >= 11 is 0. The normalized spacial score (nSPS) is 18.0. The van der Waals surface area contributed by atoms with Gasteiger partial charge in [-0.25, -0.2) is 0 Å². The molecule has 1 aromatic rings. The quantitative estimate of drug-likeness (QED) is 0.185. The third-order valence-electron chi connectivity index (χ3n) is 5.06. The maximum atomic E-state index is 10.5. The predicted octanol–water partition coefficient (Wildman–Crippen LogP) is 3.63. The van der Waals surface area contributed by atoms with E-state index in [2.05, 4.69) is 48.5 Å². The van der Waals surface area contributed by atoms with Crippen LogP contribution in [0.1, 0.15) is 57.8 Å². The highest BCUT2D eigenvalue weighted by atomic mass is 127. The van der Waals surface area contributed by atoms with Crippen LogP contribution in [0.3, 0.4) is 0 Å². The van der Waals surface area contributed by atoms with Crippen molar-refractivity contribution in [3.8, 4) is 0 Å². The second-order valence-electron chi connectivity index (χ2n) is 8.69. The maximum absolute atomic E-state index is 10.5. The van der Waals surface area contributed by atoms with Crippen molar-refractivity contribution in [2.24, 2.45) is 10.9 Å². The number of halogens is 1. The molecule has 0 saturated carbocycles. The van der Waals surface area contributed by atoms with Crippen molar-refractivity contribution in [1.29, 1.82) is 0 Å². The molecule has 1 aliphatic rings. The van der Waals surface area contributed by atoms with Crippen molar-refractivity contribution in [2.75, 3.05) is 46.1 Å². The molecule has 0 aliphatic carbocycles. The molecule has 1 fully saturated rings. The highest BCUT2D eigenvalue weighted by Crippen LogP contribution is 2.24. The van der Waals surface area contributed by atoms with Crippen LogP contribution in [0.5, 0.6) is 0 Å². The molecule has 2 rings (SSSR count). The lowest BCUT2D eigenvalue weighted by Crippen LogP contribution is -2.38. The van der Waals surface area contributed by atoms with Crippen LogP contribution in [-0.2, 0) is 14.9 Å². The van der Waals surface area contributed by atoms with Gasteiger partial charge in [-0.05, 0) is 36.3 Å². The second kappa shape index (κ2) is 14.2. The molecule has 0 aromatic heterocycles. The average Bonchev–Trinajstić information content (AvgIpc) is 3.21. The molecule has 0 bridgehead atoms. The van der Waals surface area contributed by atoms with Crippen LogP contribution < -0.4 is 10.6 Å². The highest BCUT2D eigenvalue weighted by molar-refractivity contribution is 14.0. The van der Waals surface area contributed by atoms with E-state index in [0.29, 0.717) is 12.5 Å². The Morgan fingerprint density at radius 1 is 1.27 bits per heavy atom. The summed E-state index contributed by atoms with van der Waals surface area (Å²) in [5.74, 6) is 1.28. The number of aliphatic hydroxyl groups is 1. The van der Waals surface area contributed by atoms with E-state index in [-0.39, 0.29) is 29.4 Å². The zero-order valence-electron chi connectivity index (χ0n) is 18.9. The fraction of sp³-hybridized carbons (Fsp3) is 0.696. The Morgan fingerprint density at radius 3 is 2.60 bits per heavy atom. The third kappa shape index (κ3) is 9.94. The molecule has 7 heteroatoms. The smallest absolute Gasteiger partial charge is 0.191 e. The maximum Gasteiger partial charge on any atom is 0.191 e. The first-order valence-corrected chi connectivity index (χ1v) is 10.9. The van der Waals surface area contributed by atoms with Crippen LogP contribution in [-0.4, -0.2) is 57.1 Å². The summed E-state index contributed by atoms with van der Waals surface area (Å²) in [4.78, 5) is 4.53. The van der Waals surface area contributed by atoms with Crippen LogP contribution >= 0.6 is 24.0 Å². The lowest BCUT2D eigenvalue weighted by molar-refractivity contribution is 0.0888. The molecule has 2 unspecified atom stereocenters. The van der Waals surface area contributed by atoms with Gasteiger partial charge in [-0.2, -0.15) is 0 Å². The van der Waals surface area contributed by atoms with Gasteiger partial charge in [0.2, 0.25) is 0 Å². The molecule has 172 valence electrons. The van der Waals surface area contributed by atoms with E-state index >= 15 is 0 Å². The second-order valence-corrected chi connectivity index (χ2v) is 8.69. The van der Waals surface area contributed by atoms with E-state index in [1.807, 2.05) is 19.1 Å². The Bertz CT molecular complexity index is 611. The molecule has 1 aliphatic heterocycles. The van der Waals surface area contributed by atoms with Crippen molar-refractivity contribution in [3.05, 3.63) is 35.4 Å². The number of aliphatic imine (C=N–C) groups is 1. The standard InChI is InChI=1S/C23H39N3O3.HI/c1-5-24-22(25-12-6-13-28-16-18-11-14-29-17-18)26-15-21(27)19-7-9-20(10-8-19)23(2,3)4;/h7-10,18,21,27H,5-6,11-17H2,1-4H3,(H2,24,25,26);1H. The third-order valence-corrected chi connectivity index (χ3v) is 5.06. The summed E-state index contributed by atoms with van der Waals surface area (Å²) in [7, 11) is 0. The molecule has 0 radical (unpaired) electrons. The zero-order chi connectivity index (χ0) is 21.1. The Labute approximate surface area is 199 Å². The highest BCUT2D eigenvalue weighted by Gasteiger charge is 2.16. The van der Waals surface area contributed by atoms with Gasteiger partial charge in [0.25, 0.3) is 0 Å². The summed E-state index contributed by atoms with van der Waals surface area (Å²) in [5, 5.41) is 17.0. The van der Waals surface area contributed by atoms with Gasteiger partial charge < -0.3 is 25.2 Å². The minimum atomic E-state index is -0.614. The van der Waals surface area contributed by atoms with Crippen molar-refractivity contribution in [2.45, 2.75) is 52.1 Å². The molecular weight excluding hydrogens is 493 g/mol. The Hall–Kier alpha value is -0.900.